The third-order valence-electron chi connectivity index (χ3n) is 1.87. The first-order valence-electron chi connectivity index (χ1n) is 4.08. The van der Waals surface area contributed by atoms with Crippen LogP contribution in [0.25, 0.3) is 0 Å². The van der Waals surface area contributed by atoms with Crippen molar-refractivity contribution in [2.45, 2.75) is 27.2 Å². The Kier molecular flexibility index (Phi) is 2.32. The topological polar surface area (TPSA) is 17.8 Å². The van der Waals surface area contributed by atoms with Gasteiger partial charge in [0.2, 0.25) is 0 Å². The first-order chi connectivity index (χ1) is 5.11. The Morgan fingerprint density at radius 2 is 2.18 bits per heavy atom. The second-order valence-corrected chi connectivity index (χ2v) is 3.50. The van der Waals surface area contributed by atoms with Crippen molar-refractivity contribution in [1.29, 1.82) is 0 Å². The molecule has 0 atom stereocenters. The molecule has 0 amide bonds. The predicted octanol–water partition coefficient (Wildman–Crippen LogP) is 1.93. The number of nitrogens with zero attached hydrogens (tertiary/aromatic N) is 2. The van der Waals surface area contributed by atoms with E-state index in [0.717, 1.165) is 6.42 Å². The molecular formula is C9H16N2. The standard InChI is InChI=1S/C9H16N2/c1-7(2)5-9-8(3)6-10-11(9)4/h6-7H,5H2,1-4H3. The fraction of sp³-hybridized carbons (Fsp3) is 0.667. The molecule has 1 aromatic heterocycles. The monoisotopic (exact) mass is 152 g/mol. The highest BCUT2D eigenvalue weighted by atomic mass is 15.3. The molecule has 0 saturated heterocycles. The highest BCUT2D eigenvalue weighted by Gasteiger charge is 2.05. The van der Waals surface area contributed by atoms with Crippen LogP contribution in [0.3, 0.4) is 0 Å². The van der Waals surface area contributed by atoms with Crippen molar-refractivity contribution in [3.8, 4) is 0 Å². The van der Waals surface area contributed by atoms with Gasteiger partial charge in [-0.1, -0.05) is 13.8 Å². The van der Waals surface area contributed by atoms with E-state index in [0.29, 0.717) is 5.92 Å². The highest BCUT2D eigenvalue weighted by molar-refractivity contribution is 5.15. The maximum absolute atomic E-state index is 4.19. The van der Waals surface area contributed by atoms with Gasteiger partial charge in [-0.15, -0.1) is 0 Å². The number of aryl methyl sites for hydroxylation is 2. The number of hydrogen-bond acceptors (Lipinski definition) is 1. The molecule has 1 rings (SSSR count). The minimum absolute atomic E-state index is 0.712. The zero-order valence-corrected chi connectivity index (χ0v) is 7.76. The molecule has 62 valence electrons. The molecule has 0 N–H and O–H groups in total. The largest absolute Gasteiger partial charge is 0.272 e. The van der Waals surface area contributed by atoms with Crippen LogP contribution in [0, 0.1) is 12.8 Å². The lowest BCUT2D eigenvalue weighted by Gasteiger charge is -2.05. The van der Waals surface area contributed by atoms with Gasteiger partial charge in [0.05, 0.1) is 6.20 Å². The lowest BCUT2D eigenvalue weighted by atomic mass is 10.1. The fourth-order valence-electron chi connectivity index (χ4n) is 1.25. The van der Waals surface area contributed by atoms with E-state index >= 15 is 0 Å². The van der Waals surface area contributed by atoms with Crippen molar-refractivity contribution in [3.05, 3.63) is 17.5 Å². The Hall–Kier alpha value is -0.790. The highest BCUT2D eigenvalue weighted by Crippen LogP contribution is 2.10. The molecule has 1 heterocycles. The molecule has 2 nitrogen and oxygen atoms in total. The van der Waals surface area contributed by atoms with Gasteiger partial charge in [-0.3, -0.25) is 4.68 Å². The molecule has 11 heavy (non-hydrogen) atoms. The molecule has 2 heteroatoms. The number of hydrogen-bond donors (Lipinski definition) is 0. The van der Waals surface area contributed by atoms with Crippen LogP contribution in [0.2, 0.25) is 0 Å². The van der Waals surface area contributed by atoms with E-state index in [1.165, 1.54) is 11.3 Å². The van der Waals surface area contributed by atoms with Gasteiger partial charge in [0, 0.05) is 12.7 Å². The second kappa shape index (κ2) is 3.07. The smallest absolute Gasteiger partial charge is 0.0521 e. The third-order valence-corrected chi connectivity index (χ3v) is 1.87. The Bertz CT molecular complexity index is 216. The minimum Gasteiger partial charge on any atom is -0.272 e. The lowest BCUT2D eigenvalue weighted by Crippen LogP contribution is -2.03. The maximum atomic E-state index is 4.19. The van der Waals surface area contributed by atoms with Gasteiger partial charge >= 0.3 is 0 Å². The van der Waals surface area contributed by atoms with Crippen LogP contribution in [0.15, 0.2) is 6.20 Å². The molecule has 1 aromatic rings. The van der Waals surface area contributed by atoms with Crippen LogP contribution in [0.1, 0.15) is 25.1 Å². The summed E-state index contributed by atoms with van der Waals surface area (Å²) in [6.07, 6.45) is 3.06. The van der Waals surface area contributed by atoms with E-state index in [-0.39, 0.29) is 0 Å². The SMILES string of the molecule is Cc1cnn(C)c1CC(C)C. The van der Waals surface area contributed by atoms with E-state index in [1.54, 1.807) is 0 Å². The molecule has 0 saturated carbocycles. The van der Waals surface area contributed by atoms with Crippen molar-refractivity contribution < 1.29 is 0 Å². The first-order valence-corrected chi connectivity index (χ1v) is 4.08. The molecule has 0 aliphatic carbocycles. The quantitative estimate of drug-likeness (QED) is 0.633. The second-order valence-electron chi connectivity index (χ2n) is 3.50. The van der Waals surface area contributed by atoms with E-state index in [4.69, 9.17) is 0 Å². The molecule has 0 aliphatic rings. The summed E-state index contributed by atoms with van der Waals surface area (Å²) < 4.78 is 1.97. The Morgan fingerprint density at radius 1 is 1.55 bits per heavy atom. The Balaban J connectivity index is 2.83. The molecule has 0 aromatic carbocycles. The van der Waals surface area contributed by atoms with Crippen molar-refractivity contribution in [3.63, 3.8) is 0 Å². The van der Waals surface area contributed by atoms with Gasteiger partial charge in [0.25, 0.3) is 0 Å². The lowest BCUT2D eigenvalue weighted by molar-refractivity contribution is 0.593. The van der Waals surface area contributed by atoms with Crippen molar-refractivity contribution >= 4 is 0 Å². The molecule has 0 unspecified atom stereocenters. The average molecular weight is 152 g/mol. The summed E-state index contributed by atoms with van der Waals surface area (Å²) in [7, 11) is 2.00. The summed E-state index contributed by atoms with van der Waals surface area (Å²) in [6.45, 7) is 6.57. The van der Waals surface area contributed by atoms with Gasteiger partial charge < -0.3 is 0 Å². The summed E-state index contributed by atoms with van der Waals surface area (Å²) in [5, 5.41) is 4.19. The molecule has 0 aliphatic heterocycles. The average Bonchev–Trinajstić information content (AvgIpc) is 2.18. The van der Waals surface area contributed by atoms with Crippen molar-refractivity contribution in [1.82, 2.24) is 9.78 Å². The van der Waals surface area contributed by atoms with Crippen LogP contribution in [0.5, 0.6) is 0 Å². The molecular weight excluding hydrogens is 136 g/mol. The maximum Gasteiger partial charge on any atom is 0.0521 e. The van der Waals surface area contributed by atoms with Gasteiger partial charge in [-0.2, -0.15) is 5.10 Å². The van der Waals surface area contributed by atoms with Crippen molar-refractivity contribution in [2.75, 3.05) is 0 Å². The summed E-state index contributed by atoms with van der Waals surface area (Å²) in [5.41, 5.74) is 2.67. The molecule has 0 bridgehead atoms. The van der Waals surface area contributed by atoms with Crippen LogP contribution in [-0.4, -0.2) is 9.78 Å². The van der Waals surface area contributed by atoms with Crippen LogP contribution < -0.4 is 0 Å². The van der Waals surface area contributed by atoms with Crippen LogP contribution >= 0.6 is 0 Å². The summed E-state index contributed by atoms with van der Waals surface area (Å²) in [6, 6.07) is 0. The third kappa shape index (κ3) is 1.82. The van der Waals surface area contributed by atoms with Gasteiger partial charge in [-0.05, 0) is 24.8 Å². The number of aromatic nitrogens is 2. The number of rotatable bonds is 2. The summed E-state index contributed by atoms with van der Waals surface area (Å²) >= 11 is 0. The zero-order valence-electron chi connectivity index (χ0n) is 7.76. The zero-order chi connectivity index (χ0) is 8.43. The van der Waals surface area contributed by atoms with E-state index in [9.17, 15) is 0 Å². The van der Waals surface area contributed by atoms with E-state index in [1.807, 2.05) is 17.9 Å². The fourth-order valence-corrected chi connectivity index (χ4v) is 1.25. The Morgan fingerprint density at radius 3 is 2.55 bits per heavy atom. The molecule has 0 radical (unpaired) electrons. The predicted molar refractivity (Wildman–Crippen MR) is 46.5 cm³/mol. The summed E-state index contributed by atoms with van der Waals surface area (Å²) in [4.78, 5) is 0. The molecule has 0 fully saturated rings. The first kappa shape index (κ1) is 8.31. The molecule has 0 spiro atoms. The van der Waals surface area contributed by atoms with Crippen LogP contribution in [-0.2, 0) is 13.5 Å². The van der Waals surface area contributed by atoms with E-state index < -0.39 is 0 Å². The van der Waals surface area contributed by atoms with Gasteiger partial charge in [0.15, 0.2) is 0 Å². The minimum atomic E-state index is 0.712. The van der Waals surface area contributed by atoms with Gasteiger partial charge in [0.1, 0.15) is 0 Å². The van der Waals surface area contributed by atoms with Crippen LogP contribution in [0.4, 0.5) is 0 Å². The summed E-state index contributed by atoms with van der Waals surface area (Å²) in [5.74, 6) is 0.712. The normalized spacial score (nSPS) is 11.0. The van der Waals surface area contributed by atoms with Gasteiger partial charge in [-0.25, -0.2) is 0 Å². The van der Waals surface area contributed by atoms with Crippen molar-refractivity contribution in [2.24, 2.45) is 13.0 Å². The Labute approximate surface area is 68.2 Å². The van der Waals surface area contributed by atoms with E-state index in [2.05, 4.69) is 25.9 Å².